The Morgan fingerprint density at radius 2 is 1.83 bits per heavy atom. The minimum absolute atomic E-state index is 0.532. The zero-order valence-corrected chi connectivity index (χ0v) is 10.4. The summed E-state index contributed by atoms with van der Waals surface area (Å²) in [5, 5.41) is 0. The molecule has 0 unspecified atom stereocenters. The molecule has 0 bridgehead atoms. The Hall–Kier alpha value is -2.16. The molecule has 0 N–H and O–H groups in total. The number of aromatic nitrogens is 2. The summed E-state index contributed by atoms with van der Waals surface area (Å²) in [6.07, 6.45) is 1.72. The van der Waals surface area contributed by atoms with Gasteiger partial charge in [-0.2, -0.15) is 4.98 Å². The standard InChI is InChI=1S/C15H14N2O/c1-10(2)11-5-7-12(8-6-11)15-17-14-13(18-15)4-3-9-16-14/h3-10H,1-2H3. The van der Waals surface area contributed by atoms with E-state index >= 15 is 0 Å². The molecule has 3 heteroatoms. The maximum Gasteiger partial charge on any atom is 0.228 e. The normalized spacial score (nSPS) is 11.3. The summed E-state index contributed by atoms with van der Waals surface area (Å²) in [5.74, 6) is 1.16. The van der Waals surface area contributed by atoms with Gasteiger partial charge in [0.25, 0.3) is 0 Å². The van der Waals surface area contributed by atoms with Crippen LogP contribution in [0.25, 0.3) is 22.7 Å². The smallest absolute Gasteiger partial charge is 0.228 e. The van der Waals surface area contributed by atoms with E-state index in [9.17, 15) is 0 Å². The summed E-state index contributed by atoms with van der Waals surface area (Å²) in [4.78, 5) is 8.55. The highest BCUT2D eigenvalue weighted by molar-refractivity contribution is 5.71. The average Bonchev–Trinajstić information content (AvgIpc) is 2.82. The number of fused-ring (bicyclic) bond motifs is 1. The molecule has 3 aromatic rings. The van der Waals surface area contributed by atoms with Crippen molar-refractivity contribution in [1.82, 2.24) is 9.97 Å². The van der Waals surface area contributed by atoms with Crippen LogP contribution in [0.15, 0.2) is 47.0 Å². The van der Waals surface area contributed by atoms with Gasteiger partial charge in [0.2, 0.25) is 5.89 Å². The fourth-order valence-electron chi connectivity index (χ4n) is 1.90. The number of oxazole rings is 1. The van der Waals surface area contributed by atoms with Crippen LogP contribution in [0.1, 0.15) is 25.3 Å². The van der Waals surface area contributed by atoms with Gasteiger partial charge in [0.05, 0.1) is 0 Å². The maximum atomic E-state index is 5.68. The molecule has 0 amide bonds. The van der Waals surface area contributed by atoms with Gasteiger partial charge in [0.15, 0.2) is 11.2 Å². The molecule has 1 aromatic carbocycles. The van der Waals surface area contributed by atoms with Gasteiger partial charge < -0.3 is 4.42 Å². The number of pyridine rings is 1. The van der Waals surface area contributed by atoms with Crippen molar-refractivity contribution in [2.45, 2.75) is 19.8 Å². The van der Waals surface area contributed by atoms with Gasteiger partial charge in [-0.3, -0.25) is 0 Å². The number of hydrogen-bond donors (Lipinski definition) is 0. The van der Waals surface area contributed by atoms with Crippen molar-refractivity contribution in [3.8, 4) is 11.5 Å². The van der Waals surface area contributed by atoms with Crippen molar-refractivity contribution in [2.75, 3.05) is 0 Å². The van der Waals surface area contributed by atoms with Gasteiger partial charge >= 0.3 is 0 Å². The lowest BCUT2D eigenvalue weighted by Gasteiger charge is -2.04. The van der Waals surface area contributed by atoms with Crippen LogP contribution in [-0.2, 0) is 0 Å². The molecule has 0 radical (unpaired) electrons. The monoisotopic (exact) mass is 238 g/mol. The van der Waals surface area contributed by atoms with Crippen LogP contribution in [0.4, 0.5) is 0 Å². The fourth-order valence-corrected chi connectivity index (χ4v) is 1.90. The molecule has 0 aliphatic carbocycles. The Balaban J connectivity index is 2.03. The van der Waals surface area contributed by atoms with Crippen molar-refractivity contribution in [3.63, 3.8) is 0 Å². The summed E-state index contributed by atoms with van der Waals surface area (Å²) in [6.45, 7) is 4.36. The Bertz CT molecular complexity index is 635. The minimum Gasteiger partial charge on any atom is -0.434 e. The lowest BCUT2D eigenvalue weighted by atomic mass is 10.0. The molecule has 0 saturated heterocycles. The molecule has 0 spiro atoms. The Morgan fingerprint density at radius 1 is 1.06 bits per heavy atom. The average molecular weight is 238 g/mol. The van der Waals surface area contributed by atoms with Crippen LogP contribution in [0.3, 0.4) is 0 Å². The van der Waals surface area contributed by atoms with Gasteiger partial charge in [0, 0.05) is 11.8 Å². The molecule has 90 valence electrons. The third kappa shape index (κ3) is 1.88. The zero-order chi connectivity index (χ0) is 12.5. The molecule has 2 heterocycles. The number of nitrogens with zero attached hydrogens (tertiary/aromatic N) is 2. The summed E-state index contributed by atoms with van der Waals surface area (Å²) in [5.41, 5.74) is 3.67. The van der Waals surface area contributed by atoms with Gasteiger partial charge in [-0.05, 0) is 35.7 Å². The van der Waals surface area contributed by atoms with E-state index in [1.165, 1.54) is 5.56 Å². The second-order valence-electron chi connectivity index (χ2n) is 4.62. The van der Waals surface area contributed by atoms with Crippen LogP contribution < -0.4 is 0 Å². The first-order valence-corrected chi connectivity index (χ1v) is 6.06. The maximum absolute atomic E-state index is 5.68. The number of hydrogen-bond acceptors (Lipinski definition) is 3. The highest BCUT2D eigenvalue weighted by Crippen LogP contribution is 2.24. The molecule has 0 aliphatic rings. The van der Waals surface area contributed by atoms with E-state index in [0.29, 0.717) is 17.5 Å². The molecular formula is C15H14N2O. The Morgan fingerprint density at radius 3 is 2.50 bits per heavy atom. The van der Waals surface area contributed by atoms with Crippen LogP contribution in [0.5, 0.6) is 0 Å². The van der Waals surface area contributed by atoms with E-state index in [4.69, 9.17) is 4.42 Å². The summed E-state index contributed by atoms with van der Waals surface area (Å²) in [6, 6.07) is 12.0. The second kappa shape index (κ2) is 4.26. The molecular weight excluding hydrogens is 224 g/mol. The lowest BCUT2D eigenvalue weighted by Crippen LogP contribution is -1.86. The van der Waals surface area contributed by atoms with Gasteiger partial charge in [-0.1, -0.05) is 26.0 Å². The zero-order valence-electron chi connectivity index (χ0n) is 10.4. The molecule has 0 fully saturated rings. The molecule has 0 saturated carbocycles. The van der Waals surface area contributed by atoms with Crippen molar-refractivity contribution in [1.29, 1.82) is 0 Å². The van der Waals surface area contributed by atoms with Gasteiger partial charge in [-0.25, -0.2) is 4.98 Å². The van der Waals surface area contributed by atoms with Crippen LogP contribution in [0, 0.1) is 0 Å². The molecule has 3 nitrogen and oxygen atoms in total. The van der Waals surface area contributed by atoms with Crippen molar-refractivity contribution in [3.05, 3.63) is 48.2 Å². The van der Waals surface area contributed by atoms with Crippen molar-refractivity contribution < 1.29 is 4.42 Å². The van der Waals surface area contributed by atoms with E-state index < -0.39 is 0 Å². The molecule has 0 atom stereocenters. The first kappa shape index (κ1) is 11.0. The Labute approximate surface area is 105 Å². The first-order valence-electron chi connectivity index (χ1n) is 6.06. The highest BCUT2D eigenvalue weighted by Gasteiger charge is 2.08. The summed E-state index contributed by atoms with van der Waals surface area (Å²) >= 11 is 0. The third-order valence-electron chi connectivity index (χ3n) is 2.99. The Kier molecular flexibility index (Phi) is 2.59. The third-order valence-corrected chi connectivity index (χ3v) is 2.99. The van der Waals surface area contributed by atoms with Gasteiger partial charge in [0.1, 0.15) is 0 Å². The van der Waals surface area contributed by atoms with Crippen LogP contribution in [0.2, 0.25) is 0 Å². The first-order chi connectivity index (χ1) is 8.74. The van der Waals surface area contributed by atoms with Crippen LogP contribution >= 0.6 is 0 Å². The van der Waals surface area contributed by atoms with E-state index in [2.05, 4.69) is 35.9 Å². The minimum atomic E-state index is 0.532. The second-order valence-corrected chi connectivity index (χ2v) is 4.62. The number of rotatable bonds is 2. The summed E-state index contributed by atoms with van der Waals surface area (Å²) < 4.78 is 5.68. The van der Waals surface area contributed by atoms with Crippen molar-refractivity contribution >= 4 is 11.2 Å². The van der Waals surface area contributed by atoms with E-state index in [-0.39, 0.29) is 0 Å². The largest absolute Gasteiger partial charge is 0.434 e. The lowest BCUT2D eigenvalue weighted by molar-refractivity contribution is 0.619. The van der Waals surface area contributed by atoms with Crippen LogP contribution in [-0.4, -0.2) is 9.97 Å². The predicted octanol–water partition coefficient (Wildman–Crippen LogP) is 4.01. The van der Waals surface area contributed by atoms with E-state index in [1.54, 1.807) is 6.20 Å². The quantitative estimate of drug-likeness (QED) is 0.677. The SMILES string of the molecule is CC(C)c1ccc(-c2nc3ncccc3o2)cc1. The molecule has 18 heavy (non-hydrogen) atoms. The van der Waals surface area contributed by atoms with Gasteiger partial charge in [-0.15, -0.1) is 0 Å². The van der Waals surface area contributed by atoms with E-state index in [0.717, 1.165) is 11.1 Å². The molecule has 3 rings (SSSR count). The predicted molar refractivity (Wildman–Crippen MR) is 71.3 cm³/mol. The molecule has 0 aliphatic heterocycles. The topological polar surface area (TPSA) is 38.9 Å². The number of benzene rings is 1. The van der Waals surface area contributed by atoms with E-state index in [1.807, 2.05) is 24.3 Å². The fraction of sp³-hybridized carbons (Fsp3) is 0.200. The van der Waals surface area contributed by atoms with Crippen molar-refractivity contribution in [2.24, 2.45) is 0 Å². The highest BCUT2D eigenvalue weighted by atomic mass is 16.3. The summed E-state index contributed by atoms with van der Waals surface area (Å²) in [7, 11) is 0. The molecule has 2 aromatic heterocycles.